The van der Waals surface area contributed by atoms with Crippen molar-refractivity contribution in [2.45, 2.75) is 25.1 Å². The third-order valence-corrected chi connectivity index (χ3v) is 2.88. The van der Waals surface area contributed by atoms with Gasteiger partial charge in [-0.15, -0.1) is 0 Å². The summed E-state index contributed by atoms with van der Waals surface area (Å²) in [6, 6.07) is 4.60. The summed E-state index contributed by atoms with van der Waals surface area (Å²) >= 11 is 0. The van der Waals surface area contributed by atoms with Crippen LogP contribution >= 0.6 is 0 Å². The molecule has 1 saturated heterocycles. The molecule has 3 nitrogen and oxygen atoms in total. The minimum absolute atomic E-state index is 0.0474. The van der Waals surface area contributed by atoms with E-state index < -0.39 is 11.7 Å². The van der Waals surface area contributed by atoms with Crippen LogP contribution in [0.1, 0.15) is 24.0 Å². The van der Waals surface area contributed by atoms with Crippen molar-refractivity contribution in [2.24, 2.45) is 0 Å². The van der Waals surface area contributed by atoms with Crippen molar-refractivity contribution in [1.29, 1.82) is 5.26 Å². The van der Waals surface area contributed by atoms with E-state index in [4.69, 9.17) is 14.7 Å². The molecule has 0 radical (unpaired) electrons. The molecule has 6 heteroatoms. The van der Waals surface area contributed by atoms with Gasteiger partial charge in [0.2, 0.25) is 0 Å². The van der Waals surface area contributed by atoms with E-state index in [9.17, 15) is 13.2 Å². The number of hydrogen-bond acceptors (Lipinski definition) is 3. The Labute approximate surface area is 108 Å². The first-order valence-corrected chi connectivity index (χ1v) is 5.86. The zero-order valence-electron chi connectivity index (χ0n) is 10.0. The van der Waals surface area contributed by atoms with Crippen molar-refractivity contribution in [2.75, 3.05) is 13.2 Å². The number of alkyl halides is 3. The van der Waals surface area contributed by atoms with E-state index in [-0.39, 0.29) is 24.0 Å². The lowest BCUT2D eigenvalue weighted by Gasteiger charge is -2.13. The Hall–Kier alpha value is -1.74. The fraction of sp³-hybridized carbons (Fsp3) is 0.462. The Balaban J connectivity index is 2.10. The molecule has 1 unspecified atom stereocenters. The first-order valence-electron chi connectivity index (χ1n) is 5.86. The molecule has 1 aliphatic heterocycles. The van der Waals surface area contributed by atoms with Crippen LogP contribution < -0.4 is 4.74 Å². The summed E-state index contributed by atoms with van der Waals surface area (Å²) in [5.74, 6) is 0.158. The Kier molecular flexibility index (Phi) is 3.96. The average molecular weight is 271 g/mol. The number of benzene rings is 1. The number of nitriles is 1. The Morgan fingerprint density at radius 3 is 2.79 bits per heavy atom. The topological polar surface area (TPSA) is 42.2 Å². The zero-order chi connectivity index (χ0) is 13.9. The van der Waals surface area contributed by atoms with Gasteiger partial charge in [-0.2, -0.15) is 18.4 Å². The third kappa shape index (κ3) is 3.38. The standard InChI is InChI=1S/C13H12F3NO2/c14-13(15,16)10-3-4-12(9(6-10)7-17)19-8-11-2-1-5-18-11/h3-4,6,11H,1-2,5,8H2. The van der Waals surface area contributed by atoms with E-state index >= 15 is 0 Å². The van der Waals surface area contributed by atoms with Crippen LogP contribution in [0.3, 0.4) is 0 Å². The highest BCUT2D eigenvalue weighted by Gasteiger charge is 2.31. The largest absolute Gasteiger partial charge is 0.489 e. The molecular weight excluding hydrogens is 259 g/mol. The summed E-state index contributed by atoms with van der Waals surface area (Å²) in [6.45, 7) is 0.923. The molecule has 2 rings (SSSR count). The van der Waals surface area contributed by atoms with E-state index in [2.05, 4.69) is 0 Å². The highest BCUT2D eigenvalue weighted by molar-refractivity contribution is 5.46. The van der Waals surface area contributed by atoms with Crippen molar-refractivity contribution in [3.8, 4) is 11.8 Å². The normalized spacial score (nSPS) is 19.2. The molecule has 19 heavy (non-hydrogen) atoms. The van der Waals surface area contributed by atoms with Crippen molar-refractivity contribution in [3.05, 3.63) is 29.3 Å². The summed E-state index contributed by atoms with van der Waals surface area (Å²) in [5, 5.41) is 8.87. The van der Waals surface area contributed by atoms with Crippen molar-refractivity contribution in [3.63, 3.8) is 0 Å². The molecule has 1 aliphatic rings. The van der Waals surface area contributed by atoms with Gasteiger partial charge in [-0.25, -0.2) is 0 Å². The molecule has 0 N–H and O–H groups in total. The Morgan fingerprint density at radius 2 is 2.21 bits per heavy atom. The monoisotopic (exact) mass is 271 g/mol. The van der Waals surface area contributed by atoms with Crippen LogP contribution in [0, 0.1) is 11.3 Å². The fourth-order valence-electron chi connectivity index (χ4n) is 1.88. The van der Waals surface area contributed by atoms with Gasteiger partial charge in [0.1, 0.15) is 18.4 Å². The molecular formula is C13H12F3NO2. The zero-order valence-corrected chi connectivity index (χ0v) is 10.0. The summed E-state index contributed by atoms with van der Waals surface area (Å²) in [5.41, 5.74) is -0.971. The molecule has 1 fully saturated rings. The van der Waals surface area contributed by atoms with Gasteiger partial charge in [-0.1, -0.05) is 0 Å². The molecule has 0 aliphatic carbocycles. The van der Waals surface area contributed by atoms with Crippen LogP contribution in [-0.4, -0.2) is 19.3 Å². The lowest BCUT2D eigenvalue weighted by molar-refractivity contribution is -0.137. The van der Waals surface area contributed by atoms with Crippen LogP contribution in [0.15, 0.2) is 18.2 Å². The Bertz CT molecular complexity index is 488. The second-order valence-corrected chi connectivity index (χ2v) is 4.27. The molecule has 0 bridgehead atoms. The van der Waals surface area contributed by atoms with E-state index in [0.29, 0.717) is 6.61 Å². The van der Waals surface area contributed by atoms with Crippen LogP contribution in [0.2, 0.25) is 0 Å². The summed E-state index contributed by atoms with van der Waals surface area (Å²) in [7, 11) is 0. The van der Waals surface area contributed by atoms with Gasteiger partial charge >= 0.3 is 6.18 Å². The van der Waals surface area contributed by atoms with Crippen LogP contribution in [0.25, 0.3) is 0 Å². The summed E-state index contributed by atoms with van der Waals surface area (Å²) < 4.78 is 48.2. The van der Waals surface area contributed by atoms with Crippen LogP contribution in [0.4, 0.5) is 13.2 Å². The van der Waals surface area contributed by atoms with Crippen molar-refractivity contribution in [1.82, 2.24) is 0 Å². The van der Waals surface area contributed by atoms with Crippen molar-refractivity contribution >= 4 is 0 Å². The third-order valence-electron chi connectivity index (χ3n) is 2.88. The summed E-state index contributed by atoms with van der Waals surface area (Å²) in [6.07, 6.45) is -2.69. The van der Waals surface area contributed by atoms with E-state index in [1.807, 2.05) is 0 Å². The number of ether oxygens (including phenoxy) is 2. The quantitative estimate of drug-likeness (QED) is 0.848. The first kappa shape index (κ1) is 13.7. The molecule has 0 saturated carbocycles. The smallest absolute Gasteiger partial charge is 0.416 e. The lowest BCUT2D eigenvalue weighted by atomic mass is 10.1. The number of nitrogens with zero attached hydrogens (tertiary/aromatic N) is 1. The maximum Gasteiger partial charge on any atom is 0.416 e. The SMILES string of the molecule is N#Cc1cc(C(F)(F)F)ccc1OCC1CCCO1. The van der Waals surface area contributed by atoms with Gasteiger partial charge in [0.25, 0.3) is 0 Å². The number of halogens is 3. The molecule has 0 spiro atoms. The predicted molar refractivity (Wildman–Crippen MR) is 60.6 cm³/mol. The number of rotatable bonds is 3. The molecule has 1 aromatic rings. The predicted octanol–water partition coefficient (Wildman–Crippen LogP) is 3.13. The molecule has 0 amide bonds. The van der Waals surface area contributed by atoms with Gasteiger partial charge in [0, 0.05) is 6.61 Å². The van der Waals surface area contributed by atoms with E-state index in [1.165, 1.54) is 6.07 Å². The van der Waals surface area contributed by atoms with Crippen LogP contribution in [0.5, 0.6) is 5.75 Å². The molecule has 1 atom stereocenters. The maximum absolute atomic E-state index is 12.5. The van der Waals surface area contributed by atoms with Gasteiger partial charge in [-0.3, -0.25) is 0 Å². The van der Waals surface area contributed by atoms with Gasteiger partial charge in [0.05, 0.1) is 17.2 Å². The second kappa shape index (κ2) is 5.49. The van der Waals surface area contributed by atoms with E-state index in [1.54, 1.807) is 6.07 Å². The average Bonchev–Trinajstić information content (AvgIpc) is 2.88. The number of hydrogen-bond donors (Lipinski definition) is 0. The first-order chi connectivity index (χ1) is 9.00. The van der Waals surface area contributed by atoms with Gasteiger partial charge in [-0.05, 0) is 31.0 Å². The lowest BCUT2D eigenvalue weighted by Crippen LogP contribution is -2.17. The van der Waals surface area contributed by atoms with E-state index in [0.717, 1.165) is 25.0 Å². The minimum atomic E-state index is -4.46. The fourth-order valence-corrected chi connectivity index (χ4v) is 1.88. The van der Waals surface area contributed by atoms with Gasteiger partial charge in [0.15, 0.2) is 0 Å². The van der Waals surface area contributed by atoms with Crippen molar-refractivity contribution < 1.29 is 22.6 Å². The molecule has 1 heterocycles. The minimum Gasteiger partial charge on any atom is -0.489 e. The highest BCUT2D eigenvalue weighted by atomic mass is 19.4. The molecule has 0 aromatic heterocycles. The van der Waals surface area contributed by atoms with Gasteiger partial charge < -0.3 is 9.47 Å². The summed E-state index contributed by atoms with van der Waals surface area (Å²) in [4.78, 5) is 0. The Morgan fingerprint density at radius 1 is 1.42 bits per heavy atom. The highest BCUT2D eigenvalue weighted by Crippen LogP contribution is 2.32. The van der Waals surface area contributed by atoms with Crippen LogP contribution in [-0.2, 0) is 10.9 Å². The second-order valence-electron chi connectivity index (χ2n) is 4.27. The molecule has 1 aromatic carbocycles. The molecule has 102 valence electrons. The maximum atomic E-state index is 12.5.